The van der Waals surface area contributed by atoms with Crippen LogP contribution in [0.25, 0.3) is 0 Å². The van der Waals surface area contributed by atoms with Gasteiger partial charge < -0.3 is 19.5 Å². The highest BCUT2D eigenvalue weighted by Gasteiger charge is 2.31. The number of esters is 1. The monoisotopic (exact) mass is 359 g/mol. The largest absolute Gasteiger partial charge is 0.485 e. The number of benzene rings is 1. The second kappa shape index (κ2) is 7.07. The number of aromatic nitrogens is 2. The number of ether oxygens (including phenoxy) is 3. The zero-order chi connectivity index (χ0) is 18.8. The van der Waals surface area contributed by atoms with E-state index in [-0.39, 0.29) is 6.61 Å². The Hall–Kier alpha value is -3.03. The number of carbonyl (C=O) groups is 2. The molecule has 1 aromatic carbocycles. The van der Waals surface area contributed by atoms with Crippen LogP contribution in [-0.2, 0) is 21.4 Å². The molecule has 2 heterocycles. The summed E-state index contributed by atoms with van der Waals surface area (Å²) in [7, 11) is 1.79. The van der Waals surface area contributed by atoms with Crippen molar-refractivity contribution in [1.82, 2.24) is 9.78 Å². The Bertz CT molecular complexity index is 845. The van der Waals surface area contributed by atoms with Gasteiger partial charge in [0.25, 0.3) is 5.91 Å². The summed E-state index contributed by atoms with van der Waals surface area (Å²) in [6.45, 7) is 5.18. The Morgan fingerprint density at radius 1 is 1.31 bits per heavy atom. The number of anilines is 1. The molecule has 0 unspecified atom stereocenters. The highest BCUT2D eigenvalue weighted by atomic mass is 16.6. The van der Waals surface area contributed by atoms with Gasteiger partial charge in [0.2, 0.25) is 6.10 Å². The molecule has 2 aromatic rings. The van der Waals surface area contributed by atoms with Crippen LogP contribution in [0, 0.1) is 13.8 Å². The first-order valence-corrected chi connectivity index (χ1v) is 8.27. The molecular weight excluding hydrogens is 338 g/mol. The van der Waals surface area contributed by atoms with E-state index >= 15 is 0 Å². The van der Waals surface area contributed by atoms with Gasteiger partial charge in [0.05, 0.1) is 17.1 Å². The number of para-hydroxylation sites is 2. The van der Waals surface area contributed by atoms with Crippen molar-refractivity contribution in [2.45, 2.75) is 33.0 Å². The number of nitrogens with one attached hydrogen (secondary N) is 1. The summed E-state index contributed by atoms with van der Waals surface area (Å²) in [6, 6.07) is 7.06. The van der Waals surface area contributed by atoms with Gasteiger partial charge in [0.1, 0.15) is 6.61 Å². The molecule has 0 fully saturated rings. The van der Waals surface area contributed by atoms with Crippen LogP contribution in [0.4, 0.5) is 5.69 Å². The molecule has 3 rings (SSSR count). The number of amides is 1. The van der Waals surface area contributed by atoms with Crippen LogP contribution in [-0.4, -0.2) is 40.5 Å². The standard InChI is InChI=1S/C18H21N3O5/c1-10-16(11(2)21(4)20-10)19-17(22)12(3)25-18(23)15-9-24-13-7-5-6-8-14(13)26-15/h5-8,12,15H,9H2,1-4H3,(H,19,22)/t12-,15+/m1/s1. The Balaban J connectivity index is 1.60. The van der Waals surface area contributed by atoms with Gasteiger partial charge in [-0.2, -0.15) is 5.10 Å². The van der Waals surface area contributed by atoms with Crippen molar-refractivity contribution in [2.24, 2.45) is 7.05 Å². The molecule has 0 spiro atoms. The van der Waals surface area contributed by atoms with Gasteiger partial charge in [-0.3, -0.25) is 9.48 Å². The van der Waals surface area contributed by atoms with Crippen molar-refractivity contribution >= 4 is 17.6 Å². The minimum absolute atomic E-state index is 0.0327. The second-order valence-corrected chi connectivity index (χ2v) is 6.10. The Kier molecular flexibility index (Phi) is 4.83. The zero-order valence-electron chi connectivity index (χ0n) is 15.1. The molecule has 1 N–H and O–H groups in total. The third kappa shape index (κ3) is 3.49. The van der Waals surface area contributed by atoms with Crippen LogP contribution < -0.4 is 14.8 Å². The first kappa shape index (κ1) is 17.8. The maximum Gasteiger partial charge on any atom is 0.351 e. The van der Waals surface area contributed by atoms with E-state index in [1.165, 1.54) is 6.92 Å². The minimum Gasteiger partial charge on any atom is -0.485 e. The highest BCUT2D eigenvalue weighted by Crippen LogP contribution is 2.31. The van der Waals surface area contributed by atoms with Crippen LogP contribution in [0.2, 0.25) is 0 Å². The van der Waals surface area contributed by atoms with E-state index in [1.54, 1.807) is 36.9 Å². The average molecular weight is 359 g/mol. The summed E-state index contributed by atoms with van der Waals surface area (Å²) in [5.74, 6) is -0.0410. The topological polar surface area (TPSA) is 91.7 Å². The molecule has 138 valence electrons. The quantitative estimate of drug-likeness (QED) is 0.836. The summed E-state index contributed by atoms with van der Waals surface area (Å²) in [5.41, 5.74) is 2.12. The van der Waals surface area contributed by atoms with Crippen LogP contribution >= 0.6 is 0 Å². The summed E-state index contributed by atoms with van der Waals surface area (Å²) >= 11 is 0. The molecular formula is C18H21N3O5. The van der Waals surface area contributed by atoms with Crippen LogP contribution in [0.3, 0.4) is 0 Å². The molecule has 8 nitrogen and oxygen atoms in total. The number of carbonyl (C=O) groups excluding carboxylic acids is 2. The molecule has 0 saturated heterocycles. The highest BCUT2D eigenvalue weighted by molar-refractivity contribution is 5.96. The molecule has 8 heteroatoms. The summed E-state index contributed by atoms with van der Waals surface area (Å²) in [6.07, 6.45) is -1.90. The third-order valence-electron chi connectivity index (χ3n) is 4.19. The van der Waals surface area contributed by atoms with Crippen molar-refractivity contribution in [1.29, 1.82) is 0 Å². The fraction of sp³-hybridized carbons (Fsp3) is 0.389. The van der Waals surface area contributed by atoms with Gasteiger partial charge >= 0.3 is 5.97 Å². The lowest BCUT2D eigenvalue weighted by molar-refractivity contribution is -0.162. The van der Waals surface area contributed by atoms with E-state index < -0.39 is 24.1 Å². The summed E-state index contributed by atoms with van der Waals surface area (Å²) in [4.78, 5) is 24.6. The molecule has 1 amide bonds. The second-order valence-electron chi connectivity index (χ2n) is 6.10. The fourth-order valence-electron chi connectivity index (χ4n) is 2.62. The van der Waals surface area contributed by atoms with Gasteiger partial charge in [-0.25, -0.2) is 4.79 Å². The number of fused-ring (bicyclic) bond motifs is 1. The van der Waals surface area contributed by atoms with Crippen molar-refractivity contribution in [3.63, 3.8) is 0 Å². The van der Waals surface area contributed by atoms with Gasteiger partial charge in [-0.05, 0) is 32.9 Å². The first-order chi connectivity index (χ1) is 12.4. The van der Waals surface area contributed by atoms with E-state index in [1.807, 2.05) is 13.0 Å². The lowest BCUT2D eigenvalue weighted by Crippen LogP contribution is -2.41. The van der Waals surface area contributed by atoms with Gasteiger partial charge in [0.15, 0.2) is 17.6 Å². The Morgan fingerprint density at radius 3 is 2.65 bits per heavy atom. The van der Waals surface area contributed by atoms with E-state index in [0.29, 0.717) is 22.9 Å². The normalized spacial score (nSPS) is 16.7. The van der Waals surface area contributed by atoms with E-state index in [9.17, 15) is 9.59 Å². The molecule has 1 aliphatic heterocycles. The van der Waals surface area contributed by atoms with E-state index in [4.69, 9.17) is 14.2 Å². The number of hydrogen-bond acceptors (Lipinski definition) is 6. The molecule has 26 heavy (non-hydrogen) atoms. The molecule has 2 atom stereocenters. The first-order valence-electron chi connectivity index (χ1n) is 8.27. The zero-order valence-corrected chi connectivity index (χ0v) is 15.1. The fourth-order valence-corrected chi connectivity index (χ4v) is 2.62. The molecule has 0 aliphatic carbocycles. The lowest BCUT2D eigenvalue weighted by Gasteiger charge is -2.25. The van der Waals surface area contributed by atoms with Crippen LogP contribution in [0.15, 0.2) is 24.3 Å². The molecule has 0 bridgehead atoms. The molecule has 0 saturated carbocycles. The Labute approximate surface area is 151 Å². The van der Waals surface area contributed by atoms with Crippen molar-refractivity contribution in [3.8, 4) is 11.5 Å². The molecule has 1 aliphatic rings. The van der Waals surface area contributed by atoms with E-state index in [2.05, 4.69) is 10.4 Å². The van der Waals surface area contributed by atoms with Gasteiger partial charge in [0, 0.05) is 7.05 Å². The minimum atomic E-state index is -0.984. The smallest absolute Gasteiger partial charge is 0.351 e. The number of hydrogen-bond donors (Lipinski definition) is 1. The predicted octanol–water partition coefficient (Wildman–Crippen LogP) is 1.75. The maximum atomic E-state index is 12.3. The third-order valence-corrected chi connectivity index (χ3v) is 4.19. The molecule has 1 aromatic heterocycles. The SMILES string of the molecule is Cc1nn(C)c(C)c1NC(=O)[C@@H](C)OC(=O)[C@@H]1COc2ccccc2O1. The number of nitrogens with zero attached hydrogens (tertiary/aromatic N) is 2. The van der Waals surface area contributed by atoms with Crippen molar-refractivity contribution < 1.29 is 23.8 Å². The van der Waals surface area contributed by atoms with Crippen molar-refractivity contribution in [2.75, 3.05) is 11.9 Å². The summed E-state index contributed by atoms with van der Waals surface area (Å²) in [5, 5.41) is 6.99. The predicted molar refractivity (Wildman–Crippen MR) is 93.2 cm³/mol. The average Bonchev–Trinajstić information content (AvgIpc) is 2.87. The number of rotatable bonds is 4. The van der Waals surface area contributed by atoms with E-state index in [0.717, 1.165) is 5.69 Å². The van der Waals surface area contributed by atoms with Crippen molar-refractivity contribution in [3.05, 3.63) is 35.7 Å². The van der Waals surface area contributed by atoms with Gasteiger partial charge in [-0.15, -0.1) is 0 Å². The van der Waals surface area contributed by atoms with Crippen LogP contribution in [0.5, 0.6) is 11.5 Å². The maximum absolute atomic E-state index is 12.3. The van der Waals surface area contributed by atoms with Gasteiger partial charge in [-0.1, -0.05) is 12.1 Å². The number of aryl methyl sites for hydroxylation is 2. The Morgan fingerprint density at radius 2 is 2.00 bits per heavy atom. The van der Waals surface area contributed by atoms with Crippen LogP contribution in [0.1, 0.15) is 18.3 Å². The lowest BCUT2D eigenvalue weighted by atomic mass is 10.2. The molecule has 0 radical (unpaired) electrons. The summed E-state index contributed by atoms with van der Waals surface area (Å²) < 4.78 is 18.0.